The SMILES string of the molecule is CCC1(C(=O)N(C)CCOc2cccc(Cl)c2)CCNC1. The third-order valence-corrected chi connectivity index (χ3v) is 4.45. The molecule has 1 saturated heterocycles. The Morgan fingerprint density at radius 3 is 2.95 bits per heavy atom. The fraction of sp³-hybridized carbons (Fsp3) is 0.562. The van der Waals surface area contributed by atoms with Crippen LogP contribution in [0, 0.1) is 5.41 Å². The topological polar surface area (TPSA) is 41.6 Å². The molecule has 21 heavy (non-hydrogen) atoms. The van der Waals surface area contributed by atoms with Gasteiger partial charge in [0, 0.05) is 18.6 Å². The van der Waals surface area contributed by atoms with Crippen LogP contribution in [0.4, 0.5) is 0 Å². The largest absolute Gasteiger partial charge is 0.492 e. The molecule has 0 aliphatic carbocycles. The van der Waals surface area contributed by atoms with E-state index in [1.54, 1.807) is 11.0 Å². The predicted molar refractivity (Wildman–Crippen MR) is 84.8 cm³/mol. The fourth-order valence-electron chi connectivity index (χ4n) is 2.74. The van der Waals surface area contributed by atoms with E-state index < -0.39 is 0 Å². The van der Waals surface area contributed by atoms with Crippen molar-refractivity contribution in [2.75, 3.05) is 33.3 Å². The number of halogens is 1. The lowest BCUT2D eigenvalue weighted by Gasteiger charge is -2.30. The second kappa shape index (κ2) is 7.14. The predicted octanol–water partition coefficient (Wildman–Crippen LogP) is 2.57. The molecule has 1 fully saturated rings. The maximum Gasteiger partial charge on any atom is 0.229 e. The molecule has 1 unspecified atom stereocenters. The van der Waals surface area contributed by atoms with Gasteiger partial charge in [0.1, 0.15) is 12.4 Å². The van der Waals surface area contributed by atoms with E-state index in [0.717, 1.165) is 31.7 Å². The van der Waals surface area contributed by atoms with Gasteiger partial charge in [-0.15, -0.1) is 0 Å². The van der Waals surface area contributed by atoms with E-state index in [2.05, 4.69) is 12.2 Å². The number of ether oxygens (including phenoxy) is 1. The fourth-order valence-corrected chi connectivity index (χ4v) is 2.92. The van der Waals surface area contributed by atoms with Crippen molar-refractivity contribution >= 4 is 17.5 Å². The Bertz CT molecular complexity index is 487. The van der Waals surface area contributed by atoms with Gasteiger partial charge in [-0.05, 0) is 37.6 Å². The van der Waals surface area contributed by atoms with E-state index >= 15 is 0 Å². The van der Waals surface area contributed by atoms with Crippen molar-refractivity contribution in [3.05, 3.63) is 29.3 Å². The van der Waals surface area contributed by atoms with Gasteiger partial charge in [-0.2, -0.15) is 0 Å². The second-order valence-electron chi connectivity index (χ2n) is 5.59. The van der Waals surface area contributed by atoms with Gasteiger partial charge in [0.15, 0.2) is 0 Å². The first kappa shape index (κ1) is 16.1. The van der Waals surface area contributed by atoms with Crippen molar-refractivity contribution in [3.63, 3.8) is 0 Å². The molecule has 1 N–H and O–H groups in total. The lowest BCUT2D eigenvalue weighted by Crippen LogP contribution is -2.44. The zero-order valence-electron chi connectivity index (χ0n) is 12.7. The average molecular weight is 311 g/mol. The van der Waals surface area contributed by atoms with E-state index in [9.17, 15) is 4.79 Å². The maximum absolute atomic E-state index is 12.6. The van der Waals surface area contributed by atoms with Crippen LogP contribution in [-0.4, -0.2) is 44.1 Å². The van der Waals surface area contributed by atoms with Crippen LogP contribution in [0.3, 0.4) is 0 Å². The molecule has 0 bridgehead atoms. The molecule has 0 saturated carbocycles. The molecule has 5 heteroatoms. The van der Waals surface area contributed by atoms with Crippen molar-refractivity contribution in [2.24, 2.45) is 5.41 Å². The number of likely N-dealkylation sites (N-methyl/N-ethyl adjacent to an activating group) is 1. The molecule has 1 heterocycles. The number of hydrogen-bond acceptors (Lipinski definition) is 3. The van der Waals surface area contributed by atoms with Crippen LogP contribution in [0.25, 0.3) is 0 Å². The summed E-state index contributed by atoms with van der Waals surface area (Å²) in [5.74, 6) is 0.945. The lowest BCUT2D eigenvalue weighted by atomic mass is 9.83. The second-order valence-corrected chi connectivity index (χ2v) is 6.03. The Morgan fingerprint density at radius 2 is 2.33 bits per heavy atom. The molecule has 0 spiro atoms. The monoisotopic (exact) mass is 310 g/mol. The number of rotatable bonds is 6. The highest BCUT2D eigenvalue weighted by Crippen LogP contribution is 2.31. The molecule has 1 aliphatic rings. The van der Waals surface area contributed by atoms with E-state index in [0.29, 0.717) is 18.2 Å². The van der Waals surface area contributed by atoms with E-state index in [1.807, 2.05) is 25.2 Å². The van der Waals surface area contributed by atoms with Gasteiger partial charge in [0.05, 0.1) is 12.0 Å². The summed E-state index contributed by atoms with van der Waals surface area (Å²) < 4.78 is 5.64. The summed E-state index contributed by atoms with van der Waals surface area (Å²) in [5, 5.41) is 3.95. The highest BCUT2D eigenvalue weighted by Gasteiger charge is 2.40. The zero-order valence-corrected chi connectivity index (χ0v) is 13.4. The number of benzene rings is 1. The third kappa shape index (κ3) is 3.89. The molecule has 1 amide bonds. The molecular formula is C16H23ClN2O2. The minimum absolute atomic E-state index is 0.213. The summed E-state index contributed by atoms with van der Waals surface area (Å²) in [6, 6.07) is 7.30. The third-order valence-electron chi connectivity index (χ3n) is 4.21. The van der Waals surface area contributed by atoms with Crippen LogP contribution >= 0.6 is 11.6 Å². The molecule has 0 aromatic heterocycles. The molecule has 2 rings (SSSR count). The summed E-state index contributed by atoms with van der Waals surface area (Å²) >= 11 is 5.91. The van der Waals surface area contributed by atoms with Crippen molar-refractivity contribution in [3.8, 4) is 5.75 Å². The lowest BCUT2D eigenvalue weighted by molar-refractivity contribution is -0.140. The first-order valence-electron chi connectivity index (χ1n) is 7.42. The van der Waals surface area contributed by atoms with Gasteiger partial charge in [-0.3, -0.25) is 4.79 Å². The Morgan fingerprint density at radius 1 is 1.52 bits per heavy atom. The minimum atomic E-state index is -0.231. The van der Waals surface area contributed by atoms with Crippen LogP contribution in [0.15, 0.2) is 24.3 Å². The summed E-state index contributed by atoms with van der Waals surface area (Å²) in [7, 11) is 1.85. The molecule has 1 atom stereocenters. The van der Waals surface area contributed by atoms with Gasteiger partial charge >= 0.3 is 0 Å². The van der Waals surface area contributed by atoms with Crippen LogP contribution in [0.2, 0.25) is 5.02 Å². The number of hydrogen-bond donors (Lipinski definition) is 1. The number of nitrogens with one attached hydrogen (secondary N) is 1. The number of carbonyl (C=O) groups is 1. The Labute approximate surface area is 131 Å². The molecular weight excluding hydrogens is 288 g/mol. The summed E-state index contributed by atoms with van der Waals surface area (Å²) in [6.45, 7) is 4.83. The average Bonchev–Trinajstić information content (AvgIpc) is 2.96. The zero-order chi connectivity index (χ0) is 15.3. The van der Waals surface area contributed by atoms with Crippen LogP contribution in [0.5, 0.6) is 5.75 Å². The molecule has 1 aromatic carbocycles. The van der Waals surface area contributed by atoms with Crippen LogP contribution in [-0.2, 0) is 4.79 Å². The van der Waals surface area contributed by atoms with Gasteiger partial charge in [0.2, 0.25) is 5.91 Å². The smallest absolute Gasteiger partial charge is 0.229 e. The van der Waals surface area contributed by atoms with Crippen molar-refractivity contribution in [1.82, 2.24) is 10.2 Å². The van der Waals surface area contributed by atoms with Gasteiger partial charge in [-0.1, -0.05) is 24.6 Å². The maximum atomic E-state index is 12.6. The van der Waals surface area contributed by atoms with E-state index in [4.69, 9.17) is 16.3 Å². The van der Waals surface area contributed by atoms with Crippen LogP contribution < -0.4 is 10.1 Å². The first-order valence-corrected chi connectivity index (χ1v) is 7.80. The molecule has 1 aromatic rings. The minimum Gasteiger partial charge on any atom is -0.492 e. The quantitative estimate of drug-likeness (QED) is 0.878. The number of nitrogens with zero attached hydrogens (tertiary/aromatic N) is 1. The van der Waals surface area contributed by atoms with E-state index in [-0.39, 0.29) is 11.3 Å². The standard InChI is InChI=1S/C16H23ClN2O2/c1-3-16(7-8-18-12-16)15(20)19(2)9-10-21-14-6-4-5-13(17)11-14/h4-6,11,18H,3,7-10,12H2,1-2H3. The van der Waals surface area contributed by atoms with Gasteiger partial charge in [-0.25, -0.2) is 0 Å². The van der Waals surface area contributed by atoms with Gasteiger partial charge < -0.3 is 15.0 Å². The van der Waals surface area contributed by atoms with Crippen molar-refractivity contribution in [2.45, 2.75) is 19.8 Å². The molecule has 4 nitrogen and oxygen atoms in total. The first-order chi connectivity index (χ1) is 10.1. The highest BCUT2D eigenvalue weighted by atomic mass is 35.5. The summed E-state index contributed by atoms with van der Waals surface area (Å²) in [5.41, 5.74) is -0.231. The van der Waals surface area contributed by atoms with Crippen LogP contribution in [0.1, 0.15) is 19.8 Å². The Balaban J connectivity index is 1.84. The molecule has 0 radical (unpaired) electrons. The summed E-state index contributed by atoms with van der Waals surface area (Å²) in [4.78, 5) is 14.4. The number of amides is 1. The van der Waals surface area contributed by atoms with Crippen molar-refractivity contribution < 1.29 is 9.53 Å². The summed E-state index contributed by atoms with van der Waals surface area (Å²) in [6.07, 6.45) is 1.79. The Hall–Kier alpha value is -1.26. The normalized spacial score (nSPS) is 21.3. The highest BCUT2D eigenvalue weighted by molar-refractivity contribution is 6.30. The van der Waals surface area contributed by atoms with Crippen molar-refractivity contribution in [1.29, 1.82) is 0 Å². The molecule has 116 valence electrons. The Kier molecular flexibility index (Phi) is 5.48. The molecule has 1 aliphatic heterocycles. The van der Waals surface area contributed by atoms with Gasteiger partial charge in [0.25, 0.3) is 0 Å². The number of carbonyl (C=O) groups excluding carboxylic acids is 1. The van der Waals surface area contributed by atoms with E-state index in [1.165, 1.54) is 0 Å².